The smallest absolute Gasteiger partial charge is 0.390 e. The van der Waals surface area contributed by atoms with Gasteiger partial charge in [0.15, 0.2) is 42.0 Å². The summed E-state index contributed by atoms with van der Waals surface area (Å²) in [5, 5.41) is 0. The van der Waals surface area contributed by atoms with Crippen molar-refractivity contribution in [3.63, 3.8) is 0 Å². The number of alkyl halides is 2. The number of phosphoric ester groups is 1. The van der Waals surface area contributed by atoms with Crippen molar-refractivity contribution in [1.82, 2.24) is 24.4 Å². The van der Waals surface area contributed by atoms with Gasteiger partial charge in [-0.25, -0.2) is 33.2 Å². The summed E-state index contributed by atoms with van der Waals surface area (Å²) >= 11 is 0.598. The molecule has 8 rings (SSSR count). The number of nitrogen functional groups attached to an aromatic ring is 1. The van der Waals surface area contributed by atoms with E-state index in [4.69, 9.17) is 33.3 Å². The second-order valence-corrected chi connectivity index (χ2v) is 19.0. The molecular weight excluding hydrogens is 840 g/mol. The van der Waals surface area contributed by atoms with Crippen LogP contribution in [0.25, 0.3) is 11.2 Å². The monoisotopic (exact) mass is 876 g/mol. The maximum Gasteiger partial charge on any atom is 0.390 e. The number of carbonyl (C=O) groups is 3. The molecule has 3 fully saturated rings. The Balaban J connectivity index is 0.00000528. The third-order valence-corrected chi connectivity index (χ3v) is 14.3. The molecule has 4 unspecified atom stereocenters. The largest absolute Gasteiger partial charge is 0.756 e. The molecule has 0 spiro atoms. The fraction of sp³-hybridized carbons (Fsp3) is 0.361. The van der Waals surface area contributed by atoms with Crippen molar-refractivity contribution in [3.8, 4) is 0 Å². The fourth-order valence-corrected chi connectivity index (χ4v) is 11.0. The lowest BCUT2D eigenvalue weighted by Crippen LogP contribution is -2.49. The first-order chi connectivity index (χ1) is 27.7. The second kappa shape index (κ2) is 16.9. The molecule has 23 heteroatoms. The van der Waals surface area contributed by atoms with Crippen molar-refractivity contribution in [2.45, 2.75) is 68.3 Å². The molecule has 6 heterocycles. The van der Waals surface area contributed by atoms with Crippen LogP contribution in [0.5, 0.6) is 0 Å². The first-order valence-electron chi connectivity index (χ1n) is 17.7. The lowest BCUT2D eigenvalue weighted by molar-refractivity contribution is -0.235. The molecule has 4 aliphatic heterocycles. The van der Waals surface area contributed by atoms with E-state index in [1.165, 1.54) is 17.0 Å². The van der Waals surface area contributed by atoms with Gasteiger partial charge in [0.25, 0.3) is 13.7 Å². The normalized spacial score (nSPS) is 32.5. The van der Waals surface area contributed by atoms with Crippen LogP contribution in [0.3, 0.4) is 0 Å². The van der Waals surface area contributed by atoms with Gasteiger partial charge in [0.05, 0.1) is 19.5 Å². The number of hydrogen-bond donors (Lipinski definition) is 1. The average Bonchev–Trinajstić information content (AvgIpc) is 3.86. The zero-order chi connectivity index (χ0) is 40.9. The molecular formula is C36H36F2N6O12P2S. The van der Waals surface area contributed by atoms with Crippen molar-refractivity contribution in [3.05, 3.63) is 103 Å². The minimum atomic E-state index is -5.53. The molecule has 0 saturated carbocycles. The molecule has 2 bridgehead atoms. The highest BCUT2D eigenvalue weighted by Gasteiger charge is 2.55. The number of hydrogen-bond acceptors (Lipinski definition) is 17. The third kappa shape index (κ3) is 8.63. The van der Waals surface area contributed by atoms with Crippen LogP contribution in [0.4, 0.5) is 14.6 Å². The van der Waals surface area contributed by atoms with E-state index in [0.29, 0.717) is 33.0 Å². The van der Waals surface area contributed by atoms with Crippen LogP contribution in [-0.2, 0) is 52.0 Å². The van der Waals surface area contributed by atoms with Crippen LogP contribution in [0.1, 0.15) is 39.7 Å². The molecule has 2 aromatic heterocycles. The Bertz CT molecular complexity index is 2380. The SMILES string of the molecule is Cc1ccc(C(=O)c2ccc(CSP3(=O)OC[C@H]4OC(N5C(=O)C=CCC5=O)[C@H](F)[C@@H]4OP(=O)([O-])OC[C@H]4OC(n5cnc6c(N)ncnc65)[C@H](O3)[C@@H]4F)cc2)cc1.[CH3+]. The lowest BCUT2D eigenvalue weighted by Gasteiger charge is -2.30. The van der Waals surface area contributed by atoms with Gasteiger partial charge < -0.3 is 29.1 Å². The predicted molar refractivity (Wildman–Crippen MR) is 203 cm³/mol. The van der Waals surface area contributed by atoms with E-state index in [2.05, 4.69) is 15.0 Å². The standard InChI is InChI=1S/C35H34F2N6O12P2S.CH3/c1-18-5-9-20(10-6-18)29(46)21-11-7-19(8-12-21)15-58-57(49)51-14-23-30(27(37)34(53-23)43-24(44)3-2-4-25(43)45)54-56(47,48)50-13-22-26(36)31(55-57)35(52-22)42-17-41-28-32(38)39-16-40-33(28)42;/h2-3,5-12,16-17,22-23,26-27,30-31,34-35H,4,13-15H2,1H3,(H,47,48)(H2,38,39,40);1H3/q;+1/p-1/t22-,23-,26-,27-,30-,31-,34?,35?,57?;/m1./s1. The number of ketones is 1. The summed E-state index contributed by atoms with van der Waals surface area (Å²) < 4.78 is 95.4. The van der Waals surface area contributed by atoms with E-state index in [9.17, 15) is 28.4 Å². The summed E-state index contributed by atoms with van der Waals surface area (Å²) in [6.45, 7) is -4.68. The molecule has 18 nitrogen and oxygen atoms in total. The highest BCUT2D eigenvalue weighted by Crippen LogP contribution is 2.65. The molecule has 10 atom stereocenters. The number of benzene rings is 2. The quantitative estimate of drug-likeness (QED) is 0.118. The lowest BCUT2D eigenvalue weighted by atomic mass is 10.0. The minimum Gasteiger partial charge on any atom is -0.756 e. The molecule has 59 heavy (non-hydrogen) atoms. The Morgan fingerprint density at radius 2 is 1.59 bits per heavy atom. The van der Waals surface area contributed by atoms with Gasteiger partial charge in [0.1, 0.15) is 36.3 Å². The number of carbonyl (C=O) groups excluding carboxylic acids is 3. The van der Waals surface area contributed by atoms with Gasteiger partial charge in [0, 0.05) is 36.8 Å². The van der Waals surface area contributed by atoms with Crippen molar-refractivity contribution >= 4 is 60.6 Å². The number of phosphoric acid groups is 1. The molecule has 2 aromatic carbocycles. The zero-order valence-corrected chi connectivity index (χ0v) is 33.8. The second-order valence-electron chi connectivity index (χ2n) is 13.6. The average molecular weight is 877 g/mol. The molecule has 2 N–H and O–H groups in total. The van der Waals surface area contributed by atoms with Gasteiger partial charge >= 0.3 is 6.80 Å². The molecule has 0 radical (unpaired) electrons. The van der Waals surface area contributed by atoms with E-state index in [1.807, 2.05) is 19.1 Å². The number of nitrogens with two attached hydrogens (primary N) is 1. The van der Waals surface area contributed by atoms with Gasteiger partial charge in [0.2, 0.25) is 5.91 Å². The number of ether oxygens (including phenoxy) is 2. The summed E-state index contributed by atoms with van der Waals surface area (Å²) in [6, 6.07) is 13.4. The fourth-order valence-electron chi connectivity index (χ4n) is 6.75. The van der Waals surface area contributed by atoms with Gasteiger partial charge in [-0.2, -0.15) is 0 Å². The van der Waals surface area contributed by atoms with Crippen molar-refractivity contribution in [1.29, 1.82) is 0 Å². The van der Waals surface area contributed by atoms with Crippen LogP contribution in [-0.4, -0.2) is 98.2 Å². The Hall–Kier alpha value is -4.40. The van der Waals surface area contributed by atoms with Gasteiger partial charge in [-0.1, -0.05) is 60.2 Å². The van der Waals surface area contributed by atoms with E-state index in [1.54, 1.807) is 36.4 Å². The number of rotatable bonds is 7. The predicted octanol–water partition coefficient (Wildman–Crippen LogP) is 4.34. The summed E-state index contributed by atoms with van der Waals surface area (Å²) in [4.78, 5) is 64.3. The van der Waals surface area contributed by atoms with Crippen molar-refractivity contribution in [2.75, 3.05) is 18.9 Å². The Morgan fingerprint density at radius 1 is 0.915 bits per heavy atom. The molecule has 4 aromatic rings. The topological polar surface area (TPSA) is 237 Å². The molecule has 3 saturated heterocycles. The number of anilines is 1. The molecule has 4 aliphatic rings. The van der Waals surface area contributed by atoms with Crippen LogP contribution in [0.2, 0.25) is 0 Å². The number of nitrogens with zero attached hydrogens (tertiary/aromatic N) is 5. The number of aryl methyl sites for hydroxylation is 1. The summed E-state index contributed by atoms with van der Waals surface area (Å²) in [7, 11) is -5.53. The van der Waals surface area contributed by atoms with E-state index in [0.717, 1.165) is 18.0 Å². The maximum atomic E-state index is 16.5. The Kier molecular flexibility index (Phi) is 12.3. The summed E-state index contributed by atoms with van der Waals surface area (Å²) in [5.74, 6) is -2.10. The van der Waals surface area contributed by atoms with Crippen LogP contribution in [0, 0.1) is 14.4 Å². The van der Waals surface area contributed by atoms with Gasteiger partial charge in [-0.05, 0) is 23.9 Å². The number of imide groups is 1. The molecule has 2 amide bonds. The highest BCUT2D eigenvalue weighted by molar-refractivity contribution is 8.54. The van der Waals surface area contributed by atoms with Crippen LogP contribution in [0.15, 0.2) is 73.3 Å². The summed E-state index contributed by atoms with van der Waals surface area (Å²) in [6.07, 6.45) is -11.2. The van der Waals surface area contributed by atoms with Gasteiger partial charge in [-0.15, -0.1) is 0 Å². The third-order valence-electron chi connectivity index (χ3n) is 9.72. The Labute approximate surface area is 339 Å². The zero-order valence-electron chi connectivity index (χ0n) is 31.1. The first-order valence-corrected chi connectivity index (χ1v) is 22.3. The van der Waals surface area contributed by atoms with Gasteiger partial charge in [-0.3, -0.25) is 32.6 Å². The summed E-state index contributed by atoms with van der Waals surface area (Å²) in [5.41, 5.74) is 8.53. The molecule has 312 valence electrons. The van der Waals surface area contributed by atoms with E-state index in [-0.39, 0.29) is 42.4 Å². The molecule has 0 aliphatic carbocycles. The minimum absolute atomic E-state index is 0. The van der Waals surface area contributed by atoms with Crippen molar-refractivity contribution in [2.24, 2.45) is 0 Å². The van der Waals surface area contributed by atoms with E-state index >= 15 is 8.78 Å². The number of amides is 2. The number of imidazole rings is 1. The number of aromatic nitrogens is 4. The van der Waals surface area contributed by atoms with Crippen LogP contribution < -0.4 is 10.6 Å². The van der Waals surface area contributed by atoms with Crippen molar-refractivity contribution < 1.29 is 64.8 Å². The highest BCUT2D eigenvalue weighted by atomic mass is 32.7. The Morgan fingerprint density at radius 3 is 2.31 bits per heavy atom. The maximum absolute atomic E-state index is 16.5. The van der Waals surface area contributed by atoms with E-state index < -0.39 is 88.9 Å². The van der Waals surface area contributed by atoms with Crippen LogP contribution >= 0.6 is 26.0 Å². The number of halogens is 2. The number of fused-ring (bicyclic) bond motifs is 4. The first kappa shape index (κ1) is 42.7.